The second kappa shape index (κ2) is 5.45. The summed E-state index contributed by atoms with van der Waals surface area (Å²) in [6, 6.07) is 0.339. The Labute approximate surface area is 104 Å². The van der Waals surface area contributed by atoms with Crippen molar-refractivity contribution in [2.75, 3.05) is 26.2 Å². The molecule has 0 aromatic rings. The van der Waals surface area contributed by atoms with Gasteiger partial charge >= 0.3 is 0 Å². The smallest absolute Gasteiger partial charge is 0.101 e. The molecule has 0 unspecified atom stereocenters. The Morgan fingerprint density at radius 3 is 3.06 bits per heavy atom. The molecule has 0 radical (unpaired) electrons. The molecule has 17 heavy (non-hydrogen) atoms. The van der Waals surface area contributed by atoms with Gasteiger partial charge in [0.1, 0.15) is 5.82 Å². The fraction of sp³-hybridized carbons (Fsp3) is 0.692. The first-order valence-corrected chi connectivity index (χ1v) is 6.55. The van der Waals surface area contributed by atoms with Crippen molar-refractivity contribution in [1.29, 1.82) is 0 Å². The van der Waals surface area contributed by atoms with Crippen LogP contribution in [0.25, 0.3) is 0 Å². The Morgan fingerprint density at radius 1 is 1.59 bits per heavy atom. The maximum absolute atomic E-state index is 5.94. The van der Waals surface area contributed by atoms with Crippen molar-refractivity contribution in [2.24, 2.45) is 11.7 Å². The van der Waals surface area contributed by atoms with Crippen molar-refractivity contribution < 1.29 is 0 Å². The number of hydrogen-bond acceptors (Lipinski definition) is 4. The van der Waals surface area contributed by atoms with Crippen LogP contribution < -0.4 is 16.4 Å². The van der Waals surface area contributed by atoms with Gasteiger partial charge in [0.05, 0.1) is 0 Å². The summed E-state index contributed by atoms with van der Waals surface area (Å²) in [5, 5.41) is 6.79. The van der Waals surface area contributed by atoms with E-state index in [-0.39, 0.29) is 0 Å². The zero-order chi connectivity index (χ0) is 12.3. The molecular formula is C13H24N4. The van der Waals surface area contributed by atoms with Crippen LogP contribution in [0.3, 0.4) is 0 Å². The second-order valence-corrected chi connectivity index (χ2v) is 5.34. The van der Waals surface area contributed by atoms with Crippen LogP contribution in [0.4, 0.5) is 0 Å². The van der Waals surface area contributed by atoms with Gasteiger partial charge in [0.15, 0.2) is 0 Å². The highest BCUT2D eigenvalue weighted by Gasteiger charge is 2.21. The van der Waals surface area contributed by atoms with Crippen molar-refractivity contribution in [1.82, 2.24) is 15.5 Å². The third-order valence-electron chi connectivity index (χ3n) is 3.19. The second-order valence-electron chi connectivity index (χ2n) is 5.34. The van der Waals surface area contributed by atoms with E-state index in [2.05, 4.69) is 41.5 Å². The largest absolute Gasteiger partial charge is 0.372 e. The predicted molar refractivity (Wildman–Crippen MR) is 71.2 cm³/mol. The van der Waals surface area contributed by atoms with Crippen LogP contribution in [0.5, 0.6) is 0 Å². The SMILES string of the molecule is CC(C)CNC1=CC(N2CC[C@H](N)C2)=CCN1. The van der Waals surface area contributed by atoms with Crippen molar-refractivity contribution in [3.05, 3.63) is 23.7 Å². The number of likely N-dealkylation sites (tertiary alicyclic amines) is 1. The summed E-state index contributed by atoms with van der Waals surface area (Å²) in [4.78, 5) is 2.38. The Hall–Kier alpha value is -1.16. The van der Waals surface area contributed by atoms with E-state index in [9.17, 15) is 0 Å². The van der Waals surface area contributed by atoms with Crippen LogP contribution in [0.15, 0.2) is 23.7 Å². The van der Waals surface area contributed by atoms with Gasteiger partial charge in [-0.05, 0) is 18.4 Å². The Morgan fingerprint density at radius 2 is 2.41 bits per heavy atom. The summed E-state index contributed by atoms with van der Waals surface area (Å²) in [5.41, 5.74) is 7.25. The first-order valence-electron chi connectivity index (χ1n) is 6.55. The molecule has 0 aromatic carbocycles. The molecule has 0 aromatic heterocycles. The molecule has 4 N–H and O–H groups in total. The Bertz CT molecular complexity index is 319. The topological polar surface area (TPSA) is 53.3 Å². The Balaban J connectivity index is 1.92. The first kappa shape index (κ1) is 12.3. The van der Waals surface area contributed by atoms with Crippen LogP contribution in [0.1, 0.15) is 20.3 Å². The lowest BCUT2D eigenvalue weighted by Gasteiger charge is -2.25. The standard InChI is InChI=1S/C13H24N4/c1-10(2)8-16-13-7-12(3-5-15-13)17-6-4-11(14)9-17/h3,7,10-11,15-16H,4-6,8-9,14H2,1-2H3/t11-/m0/s1. The summed E-state index contributed by atoms with van der Waals surface area (Å²) < 4.78 is 0. The van der Waals surface area contributed by atoms with Crippen molar-refractivity contribution in [3.63, 3.8) is 0 Å². The molecule has 1 atom stereocenters. The minimum Gasteiger partial charge on any atom is -0.372 e. The minimum absolute atomic E-state index is 0.339. The van der Waals surface area contributed by atoms with Gasteiger partial charge in [-0.2, -0.15) is 0 Å². The average molecular weight is 236 g/mol. The van der Waals surface area contributed by atoms with E-state index in [0.717, 1.165) is 38.4 Å². The van der Waals surface area contributed by atoms with Gasteiger partial charge in [0, 0.05) is 44.0 Å². The molecule has 2 rings (SSSR count). The fourth-order valence-corrected chi connectivity index (χ4v) is 2.19. The van der Waals surface area contributed by atoms with Gasteiger partial charge in [0.2, 0.25) is 0 Å². The molecule has 1 fully saturated rings. The van der Waals surface area contributed by atoms with Crippen molar-refractivity contribution in [2.45, 2.75) is 26.3 Å². The van der Waals surface area contributed by atoms with Crippen LogP contribution in [-0.4, -0.2) is 37.1 Å². The molecule has 1 saturated heterocycles. The van der Waals surface area contributed by atoms with Gasteiger partial charge in [-0.25, -0.2) is 0 Å². The average Bonchev–Trinajstić information content (AvgIpc) is 2.74. The lowest BCUT2D eigenvalue weighted by atomic mass is 10.2. The zero-order valence-corrected chi connectivity index (χ0v) is 10.9. The van der Waals surface area contributed by atoms with E-state index < -0.39 is 0 Å². The van der Waals surface area contributed by atoms with Gasteiger partial charge in [-0.1, -0.05) is 13.8 Å². The summed E-state index contributed by atoms with van der Waals surface area (Å²) in [6.45, 7) is 8.41. The third-order valence-corrected chi connectivity index (χ3v) is 3.19. The van der Waals surface area contributed by atoms with E-state index >= 15 is 0 Å². The van der Waals surface area contributed by atoms with Crippen molar-refractivity contribution in [3.8, 4) is 0 Å². The monoisotopic (exact) mass is 236 g/mol. The normalized spacial score (nSPS) is 24.5. The summed E-state index contributed by atoms with van der Waals surface area (Å²) in [6.07, 6.45) is 5.54. The van der Waals surface area contributed by atoms with Crippen molar-refractivity contribution >= 4 is 0 Å². The molecule has 0 saturated carbocycles. The van der Waals surface area contributed by atoms with Crippen LogP contribution in [-0.2, 0) is 0 Å². The van der Waals surface area contributed by atoms with Gasteiger partial charge in [-0.15, -0.1) is 0 Å². The molecular weight excluding hydrogens is 212 g/mol. The number of nitrogens with one attached hydrogen (secondary N) is 2. The summed E-state index contributed by atoms with van der Waals surface area (Å²) in [7, 11) is 0. The lowest BCUT2D eigenvalue weighted by Crippen LogP contribution is -2.34. The maximum Gasteiger partial charge on any atom is 0.101 e. The molecule has 4 nitrogen and oxygen atoms in total. The lowest BCUT2D eigenvalue weighted by molar-refractivity contribution is 0.426. The molecule has 0 aliphatic carbocycles. The van der Waals surface area contributed by atoms with Crippen LogP contribution in [0.2, 0.25) is 0 Å². The molecule has 2 heterocycles. The number of dihydropyridines is 1. The third kappa shape index (κ3) is 3.40. The number of nitrogens with zero attached hydrogens (tertiary/aromatic N) is 1. The van der Waals surface area contributed by atoms with Gasteiger partial charge < -0.3 is 21.3 Å². The minimum atomic E-state index is 0.339. The molecule has 4 heteroatoms. The highest BCUT2D eigenvalue weighted by atomic mass is 15.2. The zero-order valence-electron chi connectivity index (χ0n) is 10.9. The summed E-state index contributed by atoms with van der Waals surface area (Å²) >= 11 is 0. The van der Waals surface area contributed by atoms with E-state index in [1.807, 2.05) is 0 Å². The van der Waals surface area contributed by atoms with Crippen LogP contribution >= 0.6 is 0 Å². The first-order chi connectivity index (χ1) is 8.15. The predicted octanol–water partition coefficient (Wildman–Crippen LogP) is 0.594. The molecule has 96 valence electrons. The van der Waals surface area contributed by atoms with E-state index in [1.54, 1.807) is 0 Å². The highest BCUT2D eigenvalue weighted by molar-refractivity contribution is 5.26. The van der Waals surface area contributed by atoms with Gasteiger partial charge in [-0.3, -0.25) is 0 Å². The summed E-state index contributed by atoms with van der Waals surface area (Å²) in [5.74, 6) is 1.80. The maximum atomic E-state index is 5.94. The van der Waals surface area contributed by atoms with E-state index in [1.165, 1.54) is 5.70 Å². The van der Waals surface area contributed by atoms with E-state index in [0.29, 0.717) is 12.0 Å². The molecule has 0 spiro atoms. The molecule has 0 amide bonds. The number of rotatable bonds is 4. The number of hydrogen-bond donors (Lipinski definition) is 3. The Kier molecular flexibility index (Phi) is 3.94. The molecule has 2 aliphatic heterocycles. The number of allylic oxidation sites excluding steroid dienone is 1. The highest BCUT2D eigenvalue weighted by Crippen LogP contribution is 2.17. The van der Waals surface area contributed by atoms with E-state index in [4.69, 9.17) is 5.73 Å². The molecule has 0 bridgehead atoms. The molecule has 2 aliphatic rings. The fourth-order valence-electron chi connectivity index (χ4n) is 2.19. The van der Waals surface area contributed by atoms with Crippen LogP contribution in [0, 0.1) is 5.92 Å². The number of nitrogens with two attached hydrogens (primary N) is 1. The van der Waals surface area contributed by atoms with Gasteiger partial charge in [0.25, 0.3) is 0 Å². The quantitative estimate of drug-likeness (QED) is 0.669.